The second-order valence-corrected chi connectivity index (χ2v) is 4.40. The number of halogens is 1. The molecule has 2 rings (SSSR count). The van der Waals surface area contributed by atoms with Gasteiger partial charge in [0.15, 0.2) is 0 Å². The summed E-state index contributed by atoms with van der Waals surface area (Å²) in [6.45, 7) is 4.70. The van der Waals surface area contributed by atoms with E-state index >= 15 is 0 Å². The van der Waals surface area contributed by atoms with E-state index in [0.717, 1.165) is 18.7 Å². The van der Waals surface area contributed by atoms with Gasteiger partial charge in [0.2, 0.25) is 0 Å². The van der Waals surface area contributed by atoms with Crippen molar-refractivity contribution in [1.82, 2.24) is 4.98 Å². The highest BCUT2D eigenvalue weighted by Crippen LogP contribution is 2.04. The number of nitrogens with zero attached hydrogens (tertiary/aromatic N) is 1. The fraction of sp³-hybridized carbons (Fsp3) is 0.267. The molecule has 1 atom stereocenters. The van der Waals surface area contributed by atoms with Gasteiger partial charge in [-0.3, -0.25) is 4.98 Å². The number of benzene rings is 1. The summed E-state index contributed by atoms with van der Waals surface area (Å²) in [7, 11) is 0. The molecule has 0 radical (unpaired) electrons. The lowest BCUT2D eigenvalue weighted by molar-refractivity contribution is -0.926. The molecule has 1 N–H and O–H groups in total. The van der Waals surface area contributed by atoms with Gasteiger partial charge in [0.1, 0.15) is 18.9 Å². The van der Waals surface area contributed by atoms with Gasteiger partial charge >= 0.3 is 0 Å². The van der Waals surface area contributed by atoms with E-state index in [-0.39, 0.29) is 5.82 Å². The van der Waals surface area contributed by atoms with Crippen LogP contribution in [0.4, 0.5) is 4.39 Å². The van der Waals surface area contributed by atoms with Crippen LogP contribution in [0.15, 0.2) is 48.8 Å². The number of nitrogens with one attached hydrogen (secondary N) is 1. The summed E-state index contributed by atoms with van der Waals surface area (Å²) >= 11 is 0. The minimum absolute atomic E-state index is 0.113. The van der Waals surface area contributed by atoms with Crippen LogP contribution in [0.5, 0.6) is 0 Å². The Hall–Kier alpha value is -1.74. The summed E-state index contributed by atoms with van der Waals surface area (Å²) in [6.07, 6.45) is 3.59. The van der Waals surface area contributed by atoms with Crippen LogP contribution in [-0.4, -0.2) is 11.5 Å². The zero-order valence-corrected chi connectivity index (χ0v) is 10.6. The van der Waals surface area contributed by atoms with Gasteiger partial charge in [-0.25, -0.2) is 4.39 Å². The van der Waals surface area contributed by atoms with Crippen LogP contribution >= 0.6 is 0 Å². The third-order valence-corrected chi connectivity index (χ3v) is 3.10. The largest absolute Gasteiger partial charge is 0.328 e. The summed E-state index contributed by atoms with van der Waals surface area (Å²) in [5.74, 6) is -0.113. The molecule has 0 saturated heterocycles. The van der Waals surface area contributed by atoms with E-state index in [4.69, 9.17) is 0 Å². The number of rotatable bonds is 5. The van der Waals surface area contributed by atoms with Gasteiger partial charge in [-0.2, -0.15) is 0 Å². The third-order valence-electron chi connectivity index (χ3n) is 3.10. The van der Waals surface area contributed by atoms with Gasteiger partial charge in [0.25, 0.3) is 0 Å². The Morgan fingerprint density at radius 1 is 1.06 bits per heavy atom. The molecule has 0 fully saturated rings. The molecule has 0 aliphatic heterocycles. The number of pyridine rings is 1. The van der Waals surface area contributed by atoms with Crippen LogP contribution in [0.3, 0.4) is 0 Å². The zero-order valence-electron chi connectivity index (χ0n) is 10.6. The van der Waals surface area contributed by atoms with E-state index < -0.39 is 0 Å². The number of hydrogen-bond acceptors (Lipinski definition) is 1. The Balaban J connectivity index is 2.04. The quantitative estimate of drug-likeness (QED) is 0.850. The van der Waals surface area contributed by atoms with E-state index in [2.05, 4.69) is 11.9 Å². The van der Waals surface area contributed by atoms with Crippen molar-refractivity contribution in [3.63, 3.8) is 0 Å². The fourth-order valence-corrected chi connectivity index (χ4v) is 2.01. The first-order chi connectivity index (χ1) is 8.79. The van der Waals surface area contributed by atoms with Crippen LogP contribution in [0, 0.1) is 5.82 Å². The Bertz CT molecular complexity index is 485. The van der Waals surface area contributed by atoms with Gasteiger partial charge in [-0.15, -0.1) is 0 Å². The summed E-state index contributed by atoms with van der Waals surface area (Å²) in [5.41, 5.74) is 2.02. The molecule has 2 nitrogen and oxygen atoms in total. The maximum Gasteiger partial charge on any atom is 0.132 e. The van der Waals surface area contributed by atoms with Crippen LogP contribution in [-0.2, 0) is 13.1 Å². The summed E-state index contributed by atoms with van der Waals surface area (Å²) in [6, 6.07) is 11.0. The minimum atomic E-state index is -0.113. The van der Waals surface area contributed by atoms with Crippen LogP contribution in [0.25, 0.3) is 0 Å². The lowest BCUT2D eigenvalue weighted by Crippen LogP contribution is -3.09. The number of aromatic nitrogens is 1. The van der Waals surface area contributed by atoms with Gasteiger partial charge in [-0.05, 0) is 25.1 Å². The molecule has 18 heavy (non-hydrogen) atoms. The topological polar surface area (TPSA) is 17.3 Å². The first kappa shape index (κ1) is 12.7. The van der Waals surface area contributed by atoms with Gasteiger partial charge in [0, 0.05) is 23.5 Å². The van der Waals surface area contributed by atoms with Crippen LogP contribution < -0.4 is 4.90 Å². The Kier molecular flexibility index (Phi) is 4.42. The SMILES string of the molecule is CC[NH+](Cc1ccncc1)Cc1ccccc1F. The Morgan fingerprint density at radius 3 is 2.44 bits per heavy atom. The Morgan fingerprint density at radius 2 is 1.78 bits per heavy atom. The molecule has 2 aromatic rings. The monoisotopic (exact) mass is 245 g/mol. The molecule has 0 amide bonds. The van der Waals surface area contributed by atoms with Gasteiger partial charge < -0.3 is 4.90 Å². The molecular weight excluding hydrogens is 227 g/mol. The molecule has 3 heteroatoms. The first-order valence-electron chi connectivity index (χ1n) is 6.25. The average Bonchev–Trinajstić information content (AvgIpc) is 2.41. The van der Waals surface area contributed by atoms with Crippen molar-refractivity contribution in [2.24, 2.45) is 0 Å². The molecule has 94 valence electrons. The molecule has 1 aromatic heterocycles. The zero-order chi connectivity index (χ0) is 12.8. The summed E-state index contributed by atoms with van der Waals surface area (Å²) in [4.78, 5) is 5.35. The summed E-state index contributed by atoms with van der Waals surface area (Å²) < 4.78 is 13.6. The predicted molar refractivity (Wildman–Crippen MR) is 69.5 cm³/mol. The standard InChI is InChI=1S/C15H17FN2/c1-2-18(11-13-7-9-17-10-8-13)12-14-5-3-4-6-15(14)16/h3-10H,2,11-12H2,1H3/p+1. The highest BCUT2D eigenvalue weighted by Gasteiger charge is 2.11. The molecule has 0 aliphatic carbocycles. The molecule has 0 aliphatic rings. The van der Waals surface area contributed by atoms with Crippen molar-refractivity contribution < 1.29 is 9.29 Å². The second kappa shape index (κ2) is 6.26. The maximum absolute atomic E-state index is 13.6. The lowest BCUT2D eigenvalue weighted by Gasteiger charge is -2.18. The molecule has 0 spiro atoms. The van der Waals surface area contributed by atoms with E-state index in [1.165, 1.54) is 16.5 Å². The number of quaternary nitrogens is 1. The molecule has 0 bridgehead atoms. The van der Waals surface area contributed by atoms with Crippen molar-refractivity contribution in [2.75, 3.05) is 6.54 Å². The molecule has 0 saturated carbocycles. The second-order valence-electron chi connectivity index (χ2n) is 4.40. The van der Waals surface area contributed by atoms with E-state index in [9.17, 15) is 4.39 Å². The van der Waals surface area contributed by atoms with E-state index in [1.54, 1.807) is 18.5 Å². The maximum atomic E-state index is 13.6. The Labute approximate surface area is 107 Å². The summed E-state index contributed by atoms with van der Waals surface area (Å²) in [5, 5.41) is 0. The highest BCUT2D eigenvalue weighted by atomic mass is 19.1. The molecular formula is C15H18FN2+. The smallest absolute Gasteiger partial charge is 0.132 e. The van der Waals surface area contributed by atoms with Crippen molar-refractivity contribution in [2.45, 2.75) is 20.0 Å². The van der Waals surface area contributed by atoms with E-state index in [0.29, 0.717) is 6.54 Å². The van der Waals surface area contributed by atoms with Crippen molar-refractivity contribution in [3.05, 3.63) is 65.7 Å². The van der Waals surface area contributed by atoms with Gasteiger partial charge in [-0.1, -0.05) is 18.2 Å². The fourth-order valence-electron chi connectivity index (χ4n) is 2.01. The minimum Gasteiger partial charge on any atom is -0.328 e. The number of hydrogen-bond donors (Lipinski definition) is 1. The third kappa shape index (κ3) is 3.37. The highest BCUT2D eigenvalue weighted by molar-refractivity contribution is 5.16. The predicted octanol–water partition coefficient (Wildman–Crippen LogP) is 1.83. The first-order valence-corrected chi connectivity index (χ1v) is 6.25. The van der Waals surface area contributed by atoms with Crippen molar-refractivity contribution in [1.29, 1.82) is 0 Å². The van der Waals surface area contributed by atoms with E-state index in [1.807, 2.05) is 24.3 Å². The van der Waals surface area contributed by atoms with Crippen molar-refractivity contribution >= 4 is 0 Å². The van der Waals surface area contributed by atoms with Crippen LogP contribution in [0.1, 0.15) is 18.1 Å². The average molecular weight is 245 g/mol. The molecule has 1 aromatic carbocycles. The molecule has 1 unspecified atom stereocenters. The lowest BCUT2D eigenvalue weighted by atomic mass is 10.2. The van der Waals surface area contributed by atoms with Crippen molar-refractivity contribution in [3.8, 4) is 0 Å². The van der Waals surface area contributed by atoms with Crippen LogP contribution in [0.2, 0.25) is 0 Å². The van der Waals surface area contributed by atoms with Gasteiger partial charge in [0.05, 0.1) is 6.54 Å². The molecule has 1 heterocycles. The normalized spacial score (nSPS) is 12.3.